The maximum absolute atomic E-state index is 5.83. The Kier molecular flexibility index (Phi) is 4.43. The van der Waals surface area contributed by atoms with Crippen LogP contribution < -0.4 is 5.32 Å². The number of aromatic nitrogens is 2. The van der Waals surface area contributed by atoms with Gasteiger partial charge in [-0.1, -0.05) is 20.8 Å². The number of hydrogen-bond acceptors (Lipinski definition) is 3. The second-order valence-corrected chi connectivity index (χ2v) is 5.15. The van der Waals surface area contributed by atoms with Gasteiger partial charge in [-0.2, -0.15) is 0 Å². The molecule has 0 aliphatic rings. The summed E-state index contributed by atoms with van der Waals surface area (Å²) in [6, 6.07) is 2.63. The summed E-state index contributed by atoms with van der Waals surface area (Å²) in [6.45, 7) is 10.0. The SMILES string of the molecule is CCc1nccn1Cc1cc(CNC(C)C)c(C)o1. The van der Waals surface area contributed by atoms with E-state index in [2.05, 4.69) is 41.7 Å². The van der Waals surface area contributed by atoms with Crippen molar-refractivity contribution < 1.29 is 4.42 Å². The van der Waals surface area contributed by atoms with Crippen LogP contribution in [-0.2, 0) is 19.5 Å². The predicted molar refractivity (Wildman–Crippen MR) is 76.1 cm³/mol. The van der Waals surface area contributed by atoms with Crippen LogP contribution in [0.4, 0.5) is 0 Å². The van der Waals surface area contributed by atoms with Gasteiger partial charge in [0, 0.05) is 37.0 Å². The molecule has 0 bridgehead atoms. The molecule has 19 heavy (non-hydrogen) atoms. The van der Waals surface area contributed by atoms with E-state index in [9.17, 15) is 0 Å². The van der Waals surface area contributed by atoms with Crippen molar-refractivity contribution in [1.82, 2.24) is 14.9 Å². The molecule has 0 unspecified atom stereocenters. The van der Waals surface area contributed by atoms with Crippen LogP contribution in [-0.4, -0.2) is 15.6 Å². The van der Waals surface area contributed by atoms with E-state index in [1.807, 2.05) is 19.3 Å². The van der Waals surface area contributed by atoms with Crippen LogP contribution in [0.5, 0.6) is 0 Å². The number of rotatable bonds is 6. The van der Waals surface area contributed by atoms with Crippen LogP contribution in [0.15, 0.2) is 22.9 Å². The fourth-order valence-electron chi connectivity index (χ4n) is 2.12. The summed E-state index contributed by atoms with van der Waals surface area (Å²) in [5.74, 6) is 3.09. The van der Waals surface area contributed by atoms with Crippen molar-refractivity contribution in [2.45, 2.75) is 53.2 Å². The highest BCUT2D eigenvalue weighted by Crippen LogP contribution is 2.16. The highest BCUT2D eigenvalue weighted by molar-refractivity contribution is 5.21. The average molecular weight is 261 g/mol. The van der Waals surface area contributed by atoms with Crippen molar-refractivity contribution in [3.8, 4) is 0 Å². The Labute approximate surface area is 114 Å². The largest absolute Gasteiger partial charge is 0.464 e. The van der Waals surface area contributed by atoms with Gasteiger partial charge in [-0.25, -0.2) is 4.98 Å². The maximum atomic E-state index is 5.83. The monoisotopic (exact) mass is 261 g/mol. The zero-order chi connectivity index (χ0) is 13.8. The van der Waals surface area contributed by atoms with Crippen LogP contribution in [0.2, 0.25) is 0 Å². The summed E-state index contributed by atoms with van der Waals surface area (Å²) in [7, 11) is 0. The molecule has 0 aromatic carbocycles. The lowest BCUT2D eigenvalue weighted by Crippen LogP contribution is -2.21. The number of nitrogens with zero attached hydrogens (tertiary/aromatic N) is 2. The van der Waals surface area contributed by atoms with Crippen molar-refractivity contribution in [2.75, 3.05) is 0 Å². The lowest BCUT2D eigenvalue weighted by Gasteiger charge is -2.06. The lowest BCUT2D eigenvalue weighted by molar-refractivity contribution is 0.462. The molecular formula is C15H23N3O. The van der Waals surface area contributed by atoms with E-state index in [0.29, 0.717) is 6.04 Å². The van der Waals surface area contributed by atoms with E-state index in [1.54, 1.807) is 0 Å². The molecule has 2 heterocycles. The first-order chi connectivity index (χ1) is 9.10. The highest BCUT2D eigenvalue weighted by Gasteiger charge is 2.09. The van der Waals surface area contributed by atoms with Crippen LogP contribution in [0, 0.1) is 6.92 Å². The number of aryl methyl sites for hydroxylation is 2. The van der Waals surface area contributed by atoms with Crippen molar-refractivity contribution in [1.29, 1.82) is 0 Å². The van der Waals surface area contributed by atoms with Crippen molar-refractivity contribution in [3.63, 3.8) is 0 Å². The molecule has 0 aliphatic heterocycles. The van der Waals surface area contributed by atoms with E-state index < -0.39 is 0 Å². The first-order valence-corrected chi connectivity index (χ1v) is 6.91. The Morgan fingerprint density at radius 2 is 2.21 bits per heavy atom. The van der Waals surface area contributed by atoms with E-state index >= 15 is 0 Å². The molecule has 2 rings (SSSR count). The third-order valence-corrected chi connectivity index (χ3v) is 3.22. The minimum absolute atomic E-state index is 0.484. The molecule has 0 atom stereocenters. The van der Waals surface area contributed by atoms with Gasteiger partial charge in [0.05, 0.1) is 6.54 Å². The molecule has 0 radical (unpaired) electrons. The Balaban J connectivity index is 2.07. The number of nitrogens with one attached hydrogen (secondary N) is 1. The molecule has 0 aliphatic carbocycles. The highest BCUT2D eigenvalue weighted by atomic mass is 16.3. The zero-order valence-corrected chi connectivity index (χ0v) is 12.2. The molecular weight excluding hydrogens is 238 g/mol. The van der Waals surface area contributed by atoms with E-state index in [1.165, 1.54) is 5.56 Å². The van der Waals surface area contributed by atoms with Gasteiger partial charge in [0.2, 0.25) is 0 Å². The molecule has 1 N–H and O–H groups in total. The fraction of sp³-hybridized carbons (Fsp3) is 0.533. The fourth-order valence-corrected chi connectivity index (χ4v) is 2.12. The van der Waals surface area contributed by atoms with Crippen LogP contribution >= 0.6 is 0 Å². The topological polar surface area (TPSA) is 43.0 Å². The van der Waals surface area contributed by atoms with Gasteiger partial charge < -0.3 is 14.3 Å². The van der Waals surface area contributed by atoms with Gasteiger partial charge in [0.25, 0.3) is 0 Å². The maximum Gasteiger partial charge on any atom is 0.124 e. The number of furan rings is 1. The Morgan fingerprint density at radius 1 is 1.42 bits per heavy atom. The zero-order valence-electron chi connectivity index (χ0n) is 12.2. The standard InChI is InChI=1S/C15H23N3O/c1-5-15-16-6-7-18(15)10-14-8-13(12(4)19-14)9-17-11(2)3/h6-8,11,17H,5,9-10H2,1-4H3. The van der Waals surface area contributed by atoms with Gasteiger partial charge in [0.1, 0.15) is 17.3 Å². The van der Waals surface area contributed by atoms with Crippen LogP contribution in [0.3, 0.4) is 0 Å². The number of hydrogen-bond donors (Lipinski definition) is 1. The normalized spacial score (nSPS) is 11.4. The lowest BCUT2D eigenvalue weighted by atomic mass is 10.2. The van der Waals surface area contributed by atoms with E-state index in [-0.39, 0.29) is 0 Å². The predicted octanol–water partition coefficient (Wildman–Crippen LogP) is 2.89. The molecule has 0 amide bonds. The summed E-state index contributed by atoms with van der Waals surface area (Å²) in [4.78, 5) is 4.33. The Morgan fingerprint density at radius 3 is 2.89 bits per heavy atom. The van der Waals surface area contributed by atoms with Gasteiger partial charge >= 0.3 is 0 Å². The van der Waals surface area contributed by atoms with E-state index in [4.69, 9.17) is 4.42 Å². The molecule has 104 valence electrons. The van der Waals surface area contributed by atoms with Crippen LogP contribution in [0.25, 0.3) is 0 Å². The second-order valence-electron chi connectivity index (χ2n) is 5.15. The minimum atomic E-state index is 0.484. The summed E-state index contributed by atoms with van der Waals surface area (Å²) < 4.78 is 7.97. The van der Waals surface area contributed by atoms with Crippen molar-refractivity contribution >= 4 is 0 Å². The molecule has 0 saturated carbocycles. The molecule has 2 aromatic heterocycles. The van der Waals surface area contributed by atoms with Gasteiger partial charge in [0.15, 0.2) is 0 Å². The molecule has 2 aromatic rings. The summed E-state index contributed by atoms with van der Waals surface area (Å²) in [5.41, 5.74) is 1.24. The van der Waals surface area contributed by atoms with Gasteiger partial charge in [-0.05, 0) is 13.0 Å². The molecule has 0 spiro atoms. The first kappa shape index (κ1) is 13.9. The molecule has 0 fully saturated rings. The Hall–Kier alpha value is -1.55. The second kappa shape index (κ2) is 6.06. The molecule has 4 nitrogen and oxygen atoms in total. The van der Waals surface area contributed by atoms with Gasteiger partial charge in [-0.3, -0.25) is 0 Å². The van der Waals surface area contributed by atoms with Crippen molar-refractivity contribution in [3.05, 3.63) is 41.4 Å². The molecule has 0 saturated heterocycles. The number of imidazole rings is 1. The van der Waals surface area contributed by atoms with Gasteiger partial charge in [-0.15, -0.1) is 0 Å². The molecule has 4 heteroatoms. The third kappa shape index (κ3) is 3.47. The first-order valence-electron chi connectivity index (χ1n) is 6.91. The quantitative estimate of drug-likeness (QED) is 0.869. The third-order valence-electron chi connectivity index (χ3n) is 3.22. The minimum Gasteiger partial charge on any atom is -0.464 e. The average Bonchev–Trinajstić information content (AvgIpc) is 2.94. The smallest absolute Gasteiger partial charge is 0.124 e. The summed E-state index contributed by atoms with van der Waals surface area (Å²) in [6.07, 6.45) is 4.78. The van der Waals surface area contributed by atoms with Crippen LogP contribution in [0.1, 0.15) is 43.7 Å². The van der Waals surface area contributed by atoms with Crippen molar-refractivity contribution in [2.24, 2.45) is 0 Å². The Bertz CT molecular complexity index is 525. The van der Waals surface area contributed by atoms with E-state index in [0.717, 1.165) is 36.9 Å². The summed E-state index contributed by atoms with van der Waals surface area (Å²) in [5, 5.41) is 3.42. The summed E-state index contributed by atoms with van der Waals surface area (Å²) >= 11 is 0.